The first-order chi connectivity index (χ1) is 19.7. The van der Waals surface area contributed by atoms with E-state index in [1.54, 1.807) is 0 Å². The molecule has 0 saturated heterocycles. The van der Waals surface area contributed by atoms with Gasteiger partial charge >= 0.3 is 5.97 Å². The van der Waals surface area contributed by atoms with Gasteiger partial charge in [-0.3, -0.25) is 19.2 Å². The van der Waals surface area contributed by atoms with Gasteiger partial charge in [-0.2, -0.15) is 0 Å². The molecule has 0 unspecified atom stereocenters. The second-order valence-electron chi connectivity index (χ2n) is 9.13. The van der Waals surface area contributed by atoms with Crippen LogP contribution in [0.2, 0.25) is 0 Å². The molecule has 0 aliphatic carbocycles. The monoisotopic (exact) mass is 571 g/mol. The lowest BCUT2D eigenvalue weighted by Crippen LogP contribution is -2.43. The van der Waals surface area contributed by atoms with Crippen LogP contribution in [0.5, 0.6) is 0 Å². The van der Waals surface area contributed by atoms with Crippen molar-refractivity contribution in [2.24, 2.45) is 5.92 Å². The Morgan fingerprint density at radius 3 is 2.49 bits per heavy atom. The first-order valence-corrected chi connectivity index (χ1v) is 13.0. The van der Waals surface area contributed by atoms with E-state index in [0.717, 1.165) is 42.0 Å². The Kier molecular flexibility index (Phi) is 11.5. The van der Waals surface area contributed by atoms with Gasteiger partial charge in [0.2, 0.25) is 12.3 Å². The Morgan fingerprint density at radius 1 is 1.05 bits per heavy atom. The lowest BCUT2D eigenvalue weighted by Gasteiger charge is -2.23. The minimum absolute atomic E-state index is 0.0168. The smallest absolute Gasteiger partial charge is 0.341 e. The van der Waals surface area contributed by atoms with Crippen LogP contribution in [0.15, 0.2) is 59.0 Å². The van der Waals surface area contributed by atoms with E-state index in [1.807, 2.05) is 37.3 Å². The van der Waals surface area contributed by atoms with Crippen LogP contribution < -0.4 is 10.6 Å². The summed E-state index contributed by atoms with van der Waals surface area (Å²) in [7, 11) is 0. The molecule has 0 radical (unpaired) electrons. The van der Waals surface area contributed by atoms with Crippen LogP contribution in [-0.2, 0) is 21.0 Å². The van der Waals surface area contributed by atoms with Gasteiger partial charge in [0.25, 0.3) is 5.91 Å². The molecule has 1 aromatic heterocycles. The molecule has 0 aliphatic rings. The molecule has 2 aromatic carbocycles. The van der Waals surface area contributed by atoms with Gasteiger partial charge in [0.15, 0.2) is 11.6 Å². The normalized spacial score (nSPS) is 11.5. The molecule has 0 bridgehead atoms. The van der Waals surface area contributed by atoms with Crippen molar-refractivity contribution in [2.45, 2.75) is 39.2 Å². The molecule has 1 heterocycles. The van der Waals surface area contributed by atoms with Gasteiger partial charge in [-0.25, -0.2) is 18.6 Å². The minimum Gasteiger partial charge on any atom is -0.477 e. The third-order valence-electron chi connectivity index (χ3n) is 6.20. The highest BCUT2D eigenvalue weighted by Gasteiger charge is 2.24. The molecule has 10 nitrogen and oxygen atoms in total. The quantitative estimate of drug-likeness (QED) is 0.0995. The van der Waals surface area contributed by atoms with Gasteiger partial charge in [-0.1, -0.05) is 56.5 Å². The van der Waals surface area contributed by atoms with E-state index in [1.165, 1.54) is 12.1 Å². The number of aromatic carboxylic acids is 1. The van der Waals surface area contributed by atoms with Crippen LogP contribution in [0.3, 0.4) is 0 Å². The van der Waals surface area contributed by atoms with Gasteiger partial charge in [0.05, 0.1) is 24.7 Å². The summed E-state index contributed by atoms with van der Waals surface area (Å²) < 4.78 is 33.6. The Balaban J connectivity index is 1.58. The molecular weight excluding hydrogens is 540 g/mol. The van der Waals surface area contributed by atoms with E-state index >= 15 is 0 Å². The fourth-order valence-electron chi connectivity index (χ4n) is 4.01. The summed E-state index contributed by atoms with van der Waals surface area (Å²) in [6.07, 6.45) is 3.61. The summed E-state index contributed by atoms with van der Waals surface area (Å²) >= 11 is 0. The van der Waals surface area contributed by atoms with Gasteiger partial charge in [0.1, 0.15) is 23.7 Å². The van der Waals surface area contributed by atoms with E-state index in [4.69, 9.17) is 14.4 Å². The summed E-state index contributed by atoms with van der Waals surface area (Å²) in [6, 6.07) is 13.5. The van der Waals surface area contributed by atoms with Crippen molar-refractivity contribution in [1.29, 1.82) is 0 Å². The van der Waals surface area contributed by atoms with Crippen LogP contribution in [-0.4, -0.2) is 47.6 Å². The van der Waals surface area contributed by atoms with Crippen molar-refractivity contribution in [1.82, 2.24) is 15.7 Å². The Labute approximate surface area is 235 Å². The van der Waals surface area contributed by atoms with Crippen molar-refractivity contribution in [3.05, 3.63) is 83.1 Å². The molecule has 3 rings (SSSR count). The summed E-state index contributed by atoms with van der Waals surface area (Å²) in [5, 5.41) is 15.2. The number of carboxylic acids is 1. The highest BCUT2D eigenvalue weighted by molar-refractivity contribution is 5.93. The third-order valence-corrected chi connectivity index (χ3v) is 6.20. The van der Waals surface area contributed by atoms with E-state index in [-0.39, 0.29) is 36.9 Å². The maximum Gasteiger partial charge on any atom is 0.341 e. The van der Waals surface area contributed by atoms with Crippen LogP contribution in [0.1, 0.15) is 59.1 Å². The highest BCUT2D eigenvalue weighted by Crippen LogP contribution is 2.28. The molecule has 0 aliphatic heterocycles. The number of hydrogen-bond donors (Lipinski definition) is 3. The van der Waals surface area contributed by atoms with Gasteiger partial charge in [-0.15, -0.1) is 0 Å². The Hall–Kier alpha value is -4.58. The first-order valence-electron chi connectivity index (χ1n) is 13.0. The van der Waals surface area contributed by atoms with Crippen LogP contribution in [0, 0.1) is 17.6 Å². The average Bonchev–Trinajstić information content (AvgIpc) is 3.45. The van der Waals surface area contributed by atoms with Crippen LogP contribution in [0.4, 0.5) is 8.78 Å². The molecule has 3 aromatic rings. The second kappa shape index (κ2) is 15.3. The zero-order valence-corrected chi connectivity index (χ0v) is 22.4. The van der Waals surface area contributed by atoms with Crippen molar-refractivity contribution >= 4 is 24.2 Å². The fourth-order valence-corrected chi connectivity index (χ4v) is 4.01. The molecular formula is C29H31F2N3O7. The lowest BCUT2D eigenvalue weighted by molar-refractivity contribution is -0.182. The fraction of sp³-hybridized carbons (Fsp3) is 0.310. The minimum atomic E-state index is -1.78. The molecule has 0 spiro atoms. The van der Waals surface area contributed by atoms with Crippen LogP contribution >= 0.6 is 0 Å². The number of halogens is 2. The number of carboxylic acid groups (broad SMARTS) is 1. The number of carbonyl (C=O) groups is 4. The number of nitrogens with one attached hydrogen (secondary N) is 2. The van der Waals surface area contributed by atoms with Crippen molar-refractivity contribution in [3.8, 4) is 11.3 Å². The number of benzene rings is 2. The zero-order valence-electron chi connectivity index (χ0n) is 22.4. The maximum absolute atomic E-state index is 14.5. The zero-order chi connectivity index (χ0) is 29.8. The van der Waals surface area contributed by atoms with E-state index in [0.29, 0.717) is 12.8 Å². The maximum atomic E-state index is 14.5. The van der Waals surface area contributed by atoms with Gasteiger partial charge < -0.3 is 20.2 Å². The van der Waals surface area contributed by atoms with Crippen LogP contribution in [0.25, 0.3) is 11.3 Å². The largest absolute Gasteiger partial charge is 0.477 e. The summed E-state index contributed by atoms with van der Waals surface area (Å²) in [6.45, 7) is 1.94. The molecule has 0 fully saturated rings. The number of amides is 3. The van der Waals surface area contributed by atoms with Crippen molar-refractivity contribution in [3.63, 3.8) is 0 Å². The SMILES string of the molecule is CCCCC[C@H](CN(C=O)OCc1ccccc1)C(=O)NCNC(=O)c1ccc(-c2ccc(F)c(C(=O)O)c2F)o1. The standard InChI is InChI=1S/C29H31F2N3O7/c1-2-3-5-10-20(15-34(18-35)40-16-19-8-6-4-7-9-19)27(36)32-17-33-28(37)24-14-13-23(41-24)21-11-12-22(30)25(26(21)31)29(38)39/h4,6-9,11-14,18,20H,2-3,5,10,15-17H2,1H3,(H,32,36)(H,33,37)(H,38,39)/t20-/m1/s1. The number of unbranched alkanes of at least 4 members (excludes halogenated alkanes) is 2. The molecule has 1 atom stereocenters. The van der Waals surface area contributed by atoms with Gasteiger partial charge in [0, 0.05) is 0 Å². The highest BCUT2D eigenvalue weighted by atomic mass is 19.1. The Bertz CT molecular complexity index is 1350. The number of rotatable bonds is 16. The summed E-state index contributed by atoms with van der Waals surface area (Å²) in [5.41, 5.74) is -0.611. The van der Waals surface area contributed by atoms with Crippen molar-refractivity contribution in [2.75, 3.05) is 13.2 Å². The molecule has 12 heteroatoms. The van der Waals surface area contributed by atoms with E-state index < -0.39 is 40.9 Å². The predicted octanol–water partition coefficient (Wildman–Crippen LogP) is 4.51. The molecule has 3 amide bonds. The number of carbonyl (C=O) groups excluding carboxylic acids is 3. The van der Waals surface area contributed by atoms with E-state index in [2.05, 4.69) is 10.6 Å². The topological polar surface area (TPSA) is 138 Å². The number of hydrogen-bond acceptors (Lipinski definition) is 6. The number of hydroxylamine groups is 2. The lowest BCUT2D eigenvalue weighted by atomic mass is 10.0. The molecule has 218 valence electrons. The summed E-state index contributed by atoms with van der Waals surface area (Å²) in [5.74, 6) is -6.51. The predicted molar refractivity (Wildman–Crippen MR) is 143 cm³/mol. The second-order valence-corrected chi connectivity index (χ2v) is 9.13. The average molecular weight is 572 g/mol. The number of furan rings is 1. The third kappa shape index (κ3) is 8.70. The first kappa shape index (κ1) is 31.0. The van der Waals surface area contributed by atoms with E-state index in [9.17, 15) is 28.0 Å². The summed E-state index contributed by atoms with van der Waals surface area (Å²) in [4.78, 5) is 53.8. The number of nitrogens with zero attached hydrogens (tertiary/aromatic N) is 1. The molecule has 41 heavy (non-hydrogen) atoms. The molecule has 0 saturated carbocycles. The molecule has 3 N–H and O–H groups in total. The Morgan fingerprint density at radius 2 is 1.80 bits per heavy atom. The van der Waals surface area contributed by atoms with Crippen molar-refractivity contribution < 1.29 is 42.3 Å². The van der Waals surface area contributed by atoms with Gasteiger partial charge in [-0.05, 0) is 36.2 Å².